The van der Waals surface area contributed by atoms with Gasteiger partial charge < -0.3 is 9.47 Å². The Balaban J connectivity index is 1.97. The molecular weight excluding hydrogens is 358 g/mol. The van der Waals surface area contributed by atoms with E-state index in [1.165, 1.54) is 23.7 Å². The minimum absolute atomic E-state index is 0.0854. The number of hydrogen-bond donors (Lipinski definition) is 0. The molecule has 1 saturated carbocycles. The van der Waals surface area contributed by atoms with Crippen LogP contribution in [-0.2, 0) is 21.3 Å². The predicted octanol–water partition coefficient (Wildman–Crippen LogP) is 1.77. The largest absolute Gasteiger partial charge is 0.497 e. The first-order chi connectivity index (χ1) is 12.5. The van der Waals surface area contributed by atoms with Gasteiger partial charge in [-0.25, -0.2) is 17.5 Å². The number of esters is 1. The quantitative estimate of drug-likeness (QED) is 0.678. The lowest BCUT2D eigenvalue weighted by atomic mass is 10.2. The Labute approximate surface area is 151 Å². The second kappa shape index (κ2) is 7.28. The van der Waals surface area contributed by atoms with E-state index in [1.807, 2.05) is 0 Å². The van der Waals surface area contributed by atoms with Crippen molar-refractivity contribution in [2.75, 3.05) is 18.5 Å². The fourth-order valence-corrected chi connectivity index (χ4v) is 4.22. The van der Waals surface area contributed by atoms with Gasteiger partial charge in [0.15, 0.2) is 5.82 Å². The van der Waals surface area contributed by atoms with Crippen molar-refractivity contribution in [1.29, 1.82) is 0 Å². The van der Waals surface area contributed by atoms with E-state index in [2.05, 4.69) is 14.9 Å². The van der Waals surface area contributed by atoms with Crippen LogP contribution in [0.4, 0.5) is 5.82 Å². The summed E-state index contributed by atoms with van der Waals surface area (Å²) < 4.78 is 36.8. The molecule has 0 bridgehead atoms. The van der Waals surface area contributed by atoms with Crippen molar-refractivity contribution in [1.82, 2.24) is 10.2 Å². The number of nitrogens with zero attached hydrogens (tertiary/aromatic N) is 3. The summed E-state index contributed by atoms with van der Waals surface area (Å²) in [6, 6.07) is 8.46. The van der Waals surface area contributed by atoms with Gasteiger partial charge in [0.25, 0.3) is 0 Å². The van der Waals surface area contributed by atoms with Gasteiger partial charge in [0.2, 0.25) is 10.0 Å². The highest BCUT2D eigenvalue weighted by Crippen LogP contribution is 2.34. The van der Waals surface area contributed by atoms with Crippen LogP contribution in [0.5, 0.6) is 5.75 Å². The summed E-state index contributed by atoms with van der Waals surface area (Å²) in [5.74, 6) is 0.169. The summed E-state index contributed by atoms with van der Waals surface area (Å²) in [5.41, 5.74) is 0.906. The molecule has 0 atom stereocenters. The normalized spacial score (nSPS) is 13.9. The maximum absolute atomic E-state index is 12.9. The summed E-state index contributed by atoms with van der Waals surface area (Å²) in [6.45, 7) is 0.0854. The Morgan fingerprint density at radius 3 is 2.50 bits per heavy atom. The second-order valence-electron chi connectivity index (χ2n) is 5.89. The van der Waals surface area contributed by atoms with E-state index in [9.17, 15) is 13.2 Å². The molecule has 0 spiro atoms. The lowest BCUT2D eigenvalue weighted by Gasteiger charge is -2.23. The van der Waals surface area contributed by atoms with Gasteiger partial charge in [0, 0.05) is 0 Å². The zero-order chi connectivity index (χ0) is 18.7. The molecule has 1 heterocycles. The molecule has 0 N–H and O–H groups in total. The molecule has 1 aliphatic rings. The summed E-state index contributed by atoms with van der Waals surface area (Å²) in [5, 5.41) is 7.26. The van der Waals surface area contributed by atoms with Gasteiger partial charge in [-0.15, -0.1) is 5.10 Å². The zero-order valence-corrected chi connectivity index (χ0v) is 15.3. The number of benzene rings is 1. The molecule has 9 heteroatoms. The number of sulfonamides is 1. The number of aromatic nitrogens is 2. The summed E-state index contributed by atoms with van der Waals surface area (Å²) in [4.78, 5) is 11.7. The first-order valence-corrected chi connectivity index (χ1v) is 9.51. The van der Waals surface area contributed by atoms with Crippen LogP contribution in [0.2, 0.25) is 0 Å². The fourth-order valence-electron chi connectivity index (χ4n) is 2.45. The lowest BCUT2D eigenvalue weighted by Crippen LogP contribution is -2.34. The fraction of sp³-hybridized carbons (Fsp3) is 0.353. The zero-order valence-electron chi connectivity index (χ0n) is 14.5. The van der Waals surface area contributed by atoms with Crippen molar-refractivity contribution < 1.29 is 22.7 Å². The van der Waals surface area contributed by atoms with Gasteiger partial charge in [-0.05, 0) is 36.6 Å². The van der Waals surface area contributed by atoms with Crippen molar-refractivity contribution in [3.8, 4) is 5.75 Å². The number of methoxy groups -OCH3 is 2. The highest BCUT2D eigenvalue weighted by atomic mass is 32.2. The van der Waals surface area contributed by atoms with E-state index < -0.39 is 21.2 Å². The minimum atomic E-state index is -3.60. The number of carbonyl (C=O) groups excluding carboxylic acids is 1. The van der Waals surface area contributed by atoms with Gasteiger partial charge in [-0.2, -0.15) is 5.10 Å². The van der Waals surface area contributed by atoms with Crippen LogP contribution in [0.1, 0.15) is 28.8 Å². The highest BCUT2D eigenvalue weighted by molar-refractivity contribution is 7.93. The van der Waals surface area contributed by atoms with Gasteiger partial charge in [-0.1, -0.05) is 12.1 Å². The highest BCUT2D eigenvalue weighted by Gasteiger charge is 2.41. The molecule has 8 nitrogen and oxygen atoms in total. The van der Waals surface area contributed by atoms with Crippen molar-refractivity contribution in [3.05, 3.63) is 47.7 Å². The topological polar surface area (TPSA) is 98.7 Å². The Kier molecular flexibility index (Phi) is 5.08. The Morgan fingerprint density at radius 2 is 1.92 bits per heavy atom. The molecule has 0 amide bonds. The van der Waals surface area contributed by atoms with Crippen LogP contribution >= 0.6 is 0 Å². The van der Waals surface area contributed by atoms with Crippen molar-refractivity contribution in [3.63, 3.8) is 0 Å². The van der Waals surface area contributed by atoms with Crippen molar-refractivity contribution >= 4 is 21.8 Å². The van der Waals surface area contributed by atoms with Gasteiger partial charge in [0.1, 0.15) is 5.75 Å². The molecule has 1 aromatic carbocycles. The first kappa shape index (κ1) is 18.1. The molecule has 26 heavy (non-hydrogen) atoms. The SMILES string of the molecule is COC(=O)c1cnnc(N(Cc2ccc(OC)cc2)S(=O)(=O)C2CC2)c1. The van der Waals surface area contributed by atoms with Crippen LogP contribution < -0.4 is 9.04 Å². The standard InChI is InChI=1S/C17H19N3O5S/c1-24-14-5-3-12(4-6-14)11-20(26(22,23)15-7-8-15)16-9-13(10-18-19-16)17(21)25-2/h3-6,9-10,15H,7-8,11H2,1-2H3. The molecule has 138 valence electrons. The molecule has 3 rings (SSSR count). The third-order valence-electron chi connectivity index (χ3n) is 4.06. The Morgan fingerprint density at radius 1 is 1.23 bits per heavy atom. The third-order valence-corrected chi connectivity index (χ3v) is 6.30. The molecule has 1 aromatic heterocycles. The van der Waals surface area contributed by atoms with Crippen molar-refractivity contribution in [2.24, 2.45) is 0 Å². The van der Waals surface area contributed by atoms with E-state index in [0.717, 1.165) is 5.56 Å². The smallest absolute Gasteiger partial charge is 0.339 e. The van der Waals surface area contributed by atoms with E-state index in [0.29, 0.717) is 18.6 Å². The number of rotatable bonds is 7. The molecule has 0 radical (unpaired) electrons. The molecule has 2 aromatic rings. The van der Waals surface area contributed by atoms with E-state index in [-0.39, 0.29) is 17.9 Å². The second-order valence-corrected chi connectivity index (χ2v) is 8.03. The maximum atomic E-state index is 12.9. The van der Waals surface area contributed by atoms with Crippen LogP contribution in [0.3, 0.4) is 0 Å². The maximum Gasteiger partial charge on any atom is 0.339 e. The van der Waals surface area contributed by atoms with Gasteiger partial charge >= 0.3 is 5.97 Å². The van der Waals surface area contributed by atoms with Crippen LogP contribution in [0.25, 0.3) is 0 Å². The predicted molar refractivity (Wildman–Crippen MR) is 94.5 cm³/mol. The Hall–Kier alpha value is -2.68. The third kappa shape index (κ3) is 3.77. The lowest BCUT2D eigenvalue weighted by molar-refractivity contribution is 0.0600. The van der Waals surface area contributed by atoms with Crippen LogP contribution in [0.15, 0.2) is 36.5 Å². The van der Waals surface area contributed by atoms with Gasteiger partial charge in [0.05, 0.1) is 37.8 Å². The van der Waals surface area contributed by atoms with Crippen LogP contribution in [0, 0.1) is 0 Å². The van der Waals surface area contributed by atoms with Gasteiger partial charge in [-0.3, -0.25) is 0 Å². The molecule has 0 unspecified atom stereocenters. The molecule has 1 aliphatic carbocycles. The average Bonchev–Trinajstić information content (AvgIpc) is 3.51. The van der Waals surface area contributed by atoms with Crippen LogP contribution in [-0.4, -0.2) is 44.1 Å². The molecular formula is C17H19N3O5S. The molecule has 0 saturated heterocycles. The number of carbonyl (C=O) groups is 1. The summed E-state index contributed by atoms with van der Waals surface area (Å²) in [7, 11) is -0.786. The number of hydrogen-bond acceptors (Lipinski definition) is 7. The van der Waals surface area contributed by atoms with E-state index in [1.54, 1.807) is 31.4 Å². The summed E-state index contributed by atoms with van der Waals surface area (Å²) in [6.07, 6.45) is 2.47. The summed E-state index contributed by atoms with van der Waals surface area (Å²) >= 11 is 0. The molecule has 0 aliphatic heterocycles. The Bertz CT molecular complexity index is 895. The van der Waals surface area contributed by atoms with E-state index >= 15 is 0 Å². The number of anilines is 1. The minimum Gasteiger partial charge on any atom is -0.497 e. The number of ether oxygens (including phenoxy) is 2. The average molecular weight is 377 g/mol. The monoisotopic (exact) mass is 377 g/mol. The van der Waals surface area contributed by atoms with E-state index in [4.69, 9.17) is 4.74 Å². The molecule has 1 fully saturated rings. The van der Waals surface area contributed by atoms with Crippen molar-refractivity contribution in [2.45, 2.75) is 24.6 Å². The first-order valence-electron chi connectivity index (χ1n) is 8.01.